The molecule has 206 valence electrons. The first kappa shape index (κ1) is 27.8. The second-order valence-electron chi connectivity index (χ2n) is 13.3. The quantitative estimate of drug-likeness (QED) is 0.550. The average Bonchev–Trinajstić information content (AvgIpc) is 3.11. The lowest BCUT2D eigenvalue weighted by atomic mass is 9.77. The molecule has 2 fully saturated rings. The highest BCUT2D eigenvalue weighted by molar-refractivity contribution is 6.00. The van der Waals surface area contributed by atoms with Crippen molar-refractivity contribution < 1.29 is 24.2 Å². The number of amides is 3. The maximum absolute atomic E-state index is 14.6. The van der Waals surface area contributed by atoms with E-state index in [1.54, 1.807) is 16.8 Å². The SMILES string of the molecule is CC[C@H](C)[C@H](CO)N1C(=O)[C@@H]2[C@H]3C(=O)N(C)CC=C[C@H]3O[C@@]23C=CCN(C(C)(C)CC(C)(C)C)C(=O)C13. The predicted octanol–water partition coefficient (Wildman–Crippen LogP) is 2.62. The van der Waals surface area contributed by atoms with Crippen LogP contribution in [-0.2, 0) is 19.1 Å². The molecule has 37 heavy (non-hydrogen) atoms. The second kappa shape index (κ2) is 9.53. The number of aliphatic hydroxyl groups excluding tert-OH is 1. The van der Waals surface area contributed by atoms with Crippen molar-refractivity contribution in [2.45, 2.75) is 90.6 Å². The highest BCUT2D eigenvalue weighted by Crippen LogP contribution is 2.54. The maximum Gasteiger partial charge on any atom is 0.249 e. The summed E-state index contributed by atoms with van der Waals surface area (Å²) in [6.45, 7) is 15.2. The van der Waals surface area contributed by atoms with Gasteiger partial charge in [0.25, 0.3) is 0 Å². The molecule has 2 saturated heterocycles. The van der Waals surface area contributed by atoms with Crippen molar-refractivity contribution >= 4 is 17.7 Å². The number of likely N-dealkylation sites (tertiary alicyclic amines) is 1. The van der Waals surface area contributed by atoms with Crippen LogP contribution in [0.3, 0.4) is 0 Å². The molecule has 1 unspecified atom stereocenters. The zero-order chi connectivity index (χ0) is 27.5. The van der Waals surface area contributed by atoms with Crippen molar-refractivity contribution in [3.05, 3.63) is 24.3 Å². The Morgan fingerprint density at radius 1 is 1.08 bits per heavy atom. The van der Waals surface area contributed by atoms with Gasteiger partial charge in [-0.25, -0.2) is 0 Å². The molecule has 1 N–H and O–H groups in total. The van der Waals surface area contributed by atoms with Crippen molar-refractivity contribution in [1.82, 2.24) is 14.7 Å². The van der Waals surface area contributed by atoms with Gasteiger partial charge in [0, 0.05) is 25.7 Å². The van der Waals surface area contributed by atoms with E-state index < -0.39 is 41.2 Å². The number of hydrogen-bond donors (Lipinski definition) is 1. The van der Waals surface area contributed by atoms with Crippen LogP contribution in [0.1, 0.15) is 61.3 Å². The number of carbonyl (C=O) groups is 3. The van der Waals surface area contributed by atoms with Gasteiger partial charge in [-0.1, -0.05) is 65.3 Å². The molecule has 4 aliphatic heterocycles. The smallest absolute Gasteiger partial charge is 0.249 e. The molecule has 0 aromatic rings. The first-order valence-electron chi connectivity index (χ1n) is 13.7. The Balaban J connectivity index is 1.87. The number of rotatable bonds is 6. The van der Waals surface area contributed by atoms with Crippen LogP contribution in [0.25, 0.3) is 0 Å². The van der Waals surface area contributed by atoms with E-state index in [4.69, 9.17) is 4.74 Å². The van der Waals surface area contributed by atoms with Gasteiger partial charge in [-0.2, -0.15) is 0 Å². The Kier molecular flexibility index (Phi) is 7.17. The lowest BCUT2D eigenvalue weighted by Gasteiger charge is -2.46. The van der Waals surface area contributed by atoms with E-state index in [0.717, 1.165) is 12.8 Å². The molecule has 0 saturated carbocycles. The van der Waals surface area contributed by atoms with Crippen LogP contribution < -0.4 is 0 Å². The Hall–Kier alpha value is -2.19. The first-order valence-corrected chi connectivity index (χ1v) is 13.7. The first-order chi connectivity index (χ1) is 17.2. The summed E-state index contributed by atoms with van der Waals surface area (Å²) in [5.74, 6) is -2.19. The summed E-state index contributed by atoms with van der Waals surface area (Å²) in [7, 11) is 1.73. The summed E-state index contributed by atoms with van der Waals surface area (Å²) in [5, 5.41) is 10.5. The van der Waals surface area contributed by atoms with Gasteiger partial charge in [0.15, 0.2) is 0 Å². The number of likely N-dealkylation sites (N-methyl/N-ethyl adjacent to an activating group) is 1. The average molecular weight is 516 g/mol. The Morgan fingerprint density at radius 2 is 1.76 bits per heavy atom. The number of carbonyl (C=O) groups excluding carboxylic acids is 3. The minimum atomic E-state index is -1.27. The van der Waals surface area contributed by atoms with Gasteiger partial charge in [0.2, 0.25) is 17.7 Å². The van der Waals surface area contributed by atoms with Gasteiger partial charge < -0.3 is 24.5 Å². The summed E-state index contributed by atoms with van der Waals surface area (Å²) in [4.78, 5) is 47.6. The highest BCUT2D eigenvalue weighted by atomic mass is 16.5. The number of aliphatic hydroxyl groups is 1. The molecule has 0 aliphatic carbocycles. The monoisotopic (exact) mass is 515 g/mol. The van der Waals surface area contributed by atoms with Crippen molar-refractivity contribution in [1.29, 1.82) is 0 Å². The molecule has 0 aromatic carbocycles. The van der Waals surface area contributed by atoms with Crippen LogP contribution >= 0.6 is 0 Å². The maximum atomic E-state index is 14.6. The lowest BCUT2D eigenvalue weighted by Crippen LogP contribution is -2.62. The third kappa shape index (κ3) is 4.44. The second-order valence-corrected chi connectivity index (χ2v) is 13.3. The van der Waals surface area contributed by atoms with E-state index >= 15 is 0 Å². The molecule has 7 atom stereocenters. The van der Waals surface area contributed by atoms with E-state index in [9.17, 15) is 19.5 Å². The Labute approximate surface area is 221 Å². The summed E-state index contributed by atoms with van der Waals surface area (Å²) in [6.07, 6.45) is 8.51. The minimum absolute atomic E-state index is 0.0194. The molecular weight excluding hydrogens is 470 g/mol. The van der Waals surface area contributed by atoms with Crippen LogP contribution in [0.5, 0.6) is 0 Å². The Bertz CT molecular complexity index is 998. The molecule has 0 bridgehead atoms. The zero-order valence-corrected chi connectivity index (χ0v) is 23.7. The van der Waals surface area contributed by atoms with Gasteiger partial charge in [0.05, 0.1) is 30.6 Å². The molecule has 4 heterocycles. The van der Waals surface area contributed by atoms with Crippen LogP contribution in [-0.4, -0.2) is 93.6 Å². The van der Waals surface area contributed by atoms with Gasteiger partial charge >= 0.3 is 0 Å². The van der Waals surface area contributed by atoms with Crippen molar-refractivity contribution in [3.8, 4) is 0 Å². The summed E-state index contributed by atoms with van der Waals surface area (Å²) in [6, 6.07) is -1.50. The molecule has 4 rings (SSSR count). The van der Waals surface area contributed by atoms with Crippen LogP contribution in [0.15, 0.2) is 24.3 Å². The van der Waals surface area contributed by atoms with Crippen molar-refractivity contribution in [2.75, 3.05) is 26.7 Å². The van der Waals surface area contributed by atoms with E-state index in [-0.39, 0.29) is 35.7 Å². The topological polar surface area (TPSA) is 90.4 Å². The van der Waals surface area contributed by atoms with Gasteiger partial charge in [-0.05, 0) is 31.6 Å². The van der Waals surface area contributed by atoms with Gasteiger partial charge in [0.1, 0.15) is 11.6 Å². The van der Waals surface area contributed by atoms with Crippen molar-refractivity contribution in [2.24, 2.45) is 23.2 Å². The van der Waals surface area contributed by atoms with Gasteiger partial charge in [-0.15, -0.1) is 0 Å². The van der Waals surface area contributed by atoms with E-state index in [0.29, 0.717) is 13.1 Å². The molecule has 8 nitrogen and oxygen atoms in total. The molecule has 4 aliphatic rings. The van der Waals surface area contributed by atoms with E-state index in [2.05, 4.69) is 34.6 Å². The normalized spacial score (nSPS) is 33.8. The fraction of sp³-hybridized carbons (Fsp3) is 0.759. The van der Waals surface area contributed by atoms with Crippen LogP contribution in [0, 0.1) is 23.2 Å². The standard InChI is InChI=1S/C29H45N3O5/c1-9-18(2)19(16-33)32-23-26(36)31(28(6,7)17-27(3,4)5)15-11-13-29(23)22(25(32)35)21-20(37-29)12-10-14-30(8)24(21)34/h10-13,18-23,33H,9,14-17H2,1-8H3/t18-,19-,20+,21-,22-,23?,29-/m0/s1. The molecule has 0 radical (unpaired) electrons. The number of hydrogen-bond acceptors (Lipinski definition) is 5. The molecule has 8 heteroatoms. The van der Waals surface area contributed by atoms with E-state index in [1.165, 1.54) is 0 Å². The molecular formula is C29H45N3O5. The third-order valence-corrected chi connectivity index (χ3v) is 8.84. The fourth-order valence-electron chi connectivity index (χ4n) is 7.31. The fourth-order valence-corrected chi connectivity index (χ4v) is 7.31. The Morgan fingerprint density at radius 3 is 2.35 bits per heavy atom. The van der Waals surface area contributed by atoms with E-state index in [1.807, 2.05) is 43.1 Å². The highest BCUT2D eigenvalue weighted by Gasteiger charge is 2.73. The van der Waals surface area contributed by atoms with Crippen molar-refractivity contribution in [3.63, 3.8) is 0 Å². The number of nitrogens with zero attached hydrogens (tertiary/aromatic N) is 3. The van der Waals surface area contributed by atoms with Crippen LogP contribution in [0.2, 0.25) is 0 Å². The largest absolute Gasteiger partial charge is 0.394 e. The summed E-state index contributed by atoms with van der Waals surface area (Å²) < 4.78 is 6.69. The molecule has 0 aromatic heterocycles. The minimum Gasteiger partial charge on any atom is -0.394 e. The summed E-state index contributed by atoms with van der Waals surface area (Å²) >= 11 is 0. The van der Waals surface area contributed by atoms with Gasteiger partial charge in [-0.3, -0.25) is 14.4 Å². The molecule has 3 amide bonds. The lowest BCUT2D eigenvalue weighted by molar-refractivity contribution is -0.156. The number of fused-ring (bicyclic) bond motifs is 2. The van der Waals surface area contributed by atoms with Crippen LogP contribution in [0.4, 0.5) is 0 Å². The summed E-state index contributed by atoms with van der Waals surface area (Å²) in [5.41, 5.74) is -1.77. The molecule has 1 spiro atoms. The number of ether oxygens (including phenoxy) is 1. The predicted molar refractivity (Wildman–Crippen MR) is 141 cm³/mol. The zero-order valence-electron chi connectivity index (χ0n) is 23.7. The third-order valence-electron chi connectivity index (χ3n) is 8.84.